The summed E-state index contributed by atoms with van der Waals surface area (Å²) in [6.07, 6.45) is 5.74. The summed E-state index contributed by atoms with van der Waals surface area (Å²) in [7, 11) is 0. The van der Waals surface area contributed by atoms with E-state index in [9.17, 15) is 0 Å². The lowest BCUT2D eigenvalue weighted by Crippen LogP contribution is -2.10. The zero-order valence-corrected chi connectivity index (χ0v) is 11.9. The van der Waals surface area contributed by atoms with Crippen molar-refractivity contribution < 1.29 is 0 Å². The Morgan fingerprint density at radius 1 is 1.21 bits per heavy atom. The summed E-state index contributed by atoms with van der Waals surface area (Å²) in [5, 5.41) is 0. The molecule has 0 spiro atoms. The standard InChI is InChI=1S/C16H23N3/c1-3-4-5-14-6-8-15(9-7-14)16-12-19(11-10-17)13(2)18-16/h6-9,12H,3-5,10-11,17H2,1-2H3. The molecular formula is C16H23N3. The third-order valence-corrected chi connectivity index (χ3v) is 3.41. The van der Waals surface area contributed by atoms with Crippen molar-refractivity contribution in [3.8, 4) is 11.3 Å². The van der Waals surface area contributed by atoms with Crippen LogP contribution in [0.5, 0.6) is 0 Å². The highest BCUT2D eigenvalue weighted by Gasteiger charge is 2.05. The minimum atomic E-state index is 0.645. The van der Waals surface area contributed by atoms with Gasteiger partial charge in [0.05, 0.1) is 5.69 Å². The van der Waals surface area contributed by atoms with Crippen LogP contribution in [-0.4, -0.2) is 16.1 Å². The first-order chi connectivity index (χ1) is 9.24. The van der Waals surface area contributed by atoms with Gasteiger partial charge in [-0.25, -0.2) is 4.98 Å². The minimum absolute atomic E-state index is 0.645. The predicted molar refractivity (Wildman–Crippen MR) is 80.1 cm³/mol. The van der Waals surface area contributed by atoms with Gasteiger partial charge in [0.2, 0.25) is 0 Å². The van der Waals surface area contributed by atoms with E-state index in [1.165, 1.54) is 24.0 Å². The first-order valence-electron chi connectivity index (χ1n) is 7.07. The van der Waals surface area contributed by atoms with Gasteiger partial charge in [-0.2, -0.15) is 0 Å². The predicted octanol–water partition coefficient (Wildman–Crippen LogP) is 3.16. The van der Waals surface area contributed by atoms with E-state index in [1.54, 1.807) is 0 Å². The number of imidazole rings is 1. The summed E-state index contributed by atoms with van der Waals surface area (Å²) in [5.74, 6) is 1.02. The van der Waals surface area contributed by atoms with Crippen LogP contribution in [0.25, 0.3) is 11.3 Å². The fraction of sp³-hybridized carbons (Fsp3) is 0.438. The molecule has 0 bridgehead atoms. The second-order valence-corrected chi connectivity index (χ2v) is 4.96. The quantitative estimate of drug-likeness (QED) is 0.864. The molecule has 0 amide bonds. The number of aryl methyl sites for hydroxylation is 2. The van der Waals surface area contributed by atoms with Crippen LogP contribution in [0.2, 0.25) is 0 Å². The van der Waals surface area contributed by atoms with Crippen molar-refractivity contribution in [3.05, 3.63) is 41.9 Å². The zero-order chi connectivity index (χ0) is 13.7. The van der Waals surface area contributed by atoms with Gasteiger partial charge in [-0.1, -0.05) is 37.6 Å². The average Bonchev–Trinajstić information content (AvgIpc) is 2.79. The van der Waals surface area contributed by atoms with Gasteiger partial charge in [0.1, 0.15) is 5.82 Å². The molecule has 0 radical (unpaired) electrons. The number of aromatic nitrogens is 2. The topological polar surface area (TPSA) is 43.8 Å². The Morgan fingerprint density at radius 2 is 1.95 bits per heavy atom. The number of nitrogens with zero attached hydrogens (tertiary/aromatic N) is 2. The zero-order valence-electron chi connectivity index (χ0n) is 11.9. The van der Waals surface area contributed by atoms with Gasteiger partial charge in [-0.05, 0) is 25.3 Å². The Kier molecular flexibility index (Phi) is 4.74. The third kappa shape index (κ3) is 3.44. The lowest BCUT2D eigenvalue weighted by Gasteiger charge is -2.01. The molecule has 3 nitrogen and oxygen atoms in total. The largest absolute Gasteiger partial charge is 0.333 e. The second kappa shape index (κ2) is 6.53. The number of nitrogens with two attached hydrogens (primary N) is 1. The van der Waals surface area contributed by atoms with Crippen LogP contribution in [0.1, 0.15) is 31.2 Å². The number of hydrogen-bond donors (Lipinski definition) is 1. The van der Waals surface area contributed by atoms with Crippen molar-refractivity contribution in [2.45, 2.75) is 39.7 Å². The third-order valence-electron chi connectivity index (χ3n) is 3.41. The van der Waals surface area contributed by atoms with E-state index in [2.05, 4.69) is 46.9 Å². The van der Waals surface area contributed by atoms with Crippen molar-refractivity contribution in [3.63, 3.8) is 0 Å². The smallest absolute Gasteiger partial charge is 0.106 e. The maximum absolute atomic E-state index is 5.60. The maximum Gasteiger partial charge on any atom is 0.106 e. The van der Waals surface area contributed by atoms with Gasteiger partial charge in [-0.3, -0.25) is 0 Å². The molecular weight excluding hydrogens is 234 g/mol. The molecule has 0 aliphatic rings. The Hall–Kier alpha value is -1.61. The van der Waals surface area contributed by atoms with E-state index in [4.69, 9.17) is 5.73 Å². The molecule has 1 aromatic heterocycles. The molecule has 1 heterocycles. The minimum Gasteiger partial charge on any atom is -0.333 e. The van der Waals surface area contributed by atoms with Gasteiger partial charge in [0.15, 0.2) is 0 Å². The molecule has 2 rings (SSSR count). The summed E-state index contributed by atoms with van der Waals surface area (Å²) in [6.45, 7) is 5.72. The van der Waals surface area contributed by atoms with E-state index in [0.29, 0.717) is 6.54 Å². The van der Waals surface area contributed by atoms with E-state index >= 15 is 0 Å². The van der Waals surface area contributed by atoms with Crippen molar-refractivity contribution in [1.82, 2.24) is 9.55 Å². The SMILES string of the molecule is CCCCc1ccc(-c2cn(CCN)c(C)n2)cc1. The highest BCUT2D eigenvalue weighted by molar-refractivity contribution is 5.59. The van der Waals surface area contributed by atoms with Crippen LogP contribution in [0, 0.1) is 6.92 Å². The number of rotatable bonds is 6. The highest BCUT2D eigenvalue weighted by Crippen LogP contribution is 2.19. The Morgan fingerprint density at radius 3 is 2.58 bits per heavy atom. The van der Waals surface area contributed by atoms with Gasteiger partial charge in [-0.15, -0.1) is 0 Å². The monoisotopic (exact) mass is 257 g/mol. The fourth-order valence-corrected chi connectivity index (χ4v) is 2.24. The van der Waals surface area contributed by atoms with Gasteiger partial charge >= 0.3 is 0 Å². The number of unbranched alkanes of at least 4 members (excludes halogenated alkanes) is 1. The second-order valence-electron chi connectivity index (χ2n) is 4.96. The number of benzene rings is 1. The highest BCUT2D eigenvalue weighted by atomic mass is 15.1. The molecule has 3 heteroatoms. The summed E-state index contributed by atoms with van der Waals surface area (Å²) in [4.78, 5) is 4.60. The Bertz CT molecular complexity index is 511. The lowest BCUT2D eigenvalue weighted by atomic mass is 10.1. The molecule has 2 N–H and O–H groups in total. The van der Waals surface area contributed by atoms with E-state index in [0.717, 1.165) is 24.5 Å². The van der Waals surface area contributed by atoms with Crippen LogP contribution >= 0.6 is 0 Å². The maximum atomic E-state index is 5.60. The molecule has 0 fully saturated rings. The van der Waals surface area contributed by atoms with Crippen LogP contribution in [0.4, 0.5) is 0 Å². The molecule has 0 saturated carbocycles. The van der Waals surface area contributed by atoms with Crippen molar-refractivity contribution in [2.75, 3.05) is 6.54 Å². The molecule has 19 heavy (non-hydrogen) atoms. The first kappa shape index (κ1) is 13.8. The molecule has 0 aliphatic carbocycles. The van der Waals surface area contributed by atoms with Crippen molar-refractivity contribution in [2.24, 2.45) is 5.73 Å². The van der Waals surface area contributed by atoms with E-state index in [1.807, 2.05) is 6.92 Å². The molecule has 102 valence electrons. The molecule has 0 saturated heterocycles. The normalized spacial score (nSPS) is 10.9. The van der Waals surface area contributed by atoms with Crippen molar-refractivity contribution in [1.29, 1.82) is 0 Å². The van der Waals surface area contributed by atoms with Crippen LogP contribution in [0.15, 0.2) is 30.5 Å². The van der Waals surface area contributed by atoms with Crippen LogP contribution in [0.3, 0.4) is 0 Å². The molecule has 0 atom stereocenters. The Balaban J connectivity index is 2.15. The Labute approximate surface area is 115 Å². The summed E-state index contributed by atoms with van der Waals surface area (Å²) in [5.41, 5.74) is 9.22. The van der Waals surface area contributed by atoms with Crippen molar-refractivity contribution >= 4 is 0 Å². The van der Waals surface area contributed by atoms with Gasteiger partial charge in [0, 0.05) is 24.8 Å². The molecule has 0 unspecified atom stereocenters. The summed E-state index contributed by atoms with van der Waals surface area (Å²) >= 11 is 0. The molecule has 1 aromatic carbocycles. The molecule has 0 aliphatic heterocycles. The summed E-state index contributed by atoms with van der Waals surface area (Å²) < 4.78 is 2.11. The first-order valence-corrected chi connectivity index (χ1v) is 7.07. The van der Waals surface area contributed by atoms with E-state index in [-0.39, 0.29) is 0 Å². The summed E-state index contributed by atoms with van der Waals surface area (Å²) in [6, 6.07) is 8.75. The van der Waals surface area contributed by atoms with Gasteiger partial charge in [0.25, 0.3) is 0 Å². The average molecular weight is 257 g/mol. The number of hydrogen-bond acceptors (Lipinski definition) is 2. The fourth-order valence-electron chi connectivity index (χ4n) is 2.24. The van der Waals surface area contributed by atoms with Gasteiger partial charge < -0.3 is 10.3 Å². The molecule has 2 aromatic rings. The van der Waals surface area contributed by atoms with Crippen LogP contribution in [-0.2, 0) is 13.0 Å². The lowest BCUT2D eigenvalue weighted by molar-refractivity contribution is 0.684. The van der Waals surface area contributed by atoms with E-state index < -0.39 is 0 Å². The van der Waals surface area contributed by atoms with Crippen LogP contribution < -0.4 is 5.73 Å².